The molecule has 1 fully saturated rings. The number of nitrogens with zero attached hydrogens (tertiary/aromatic N) is 1. The van der Waals surface area contributed by atoms with E-state index in [4.69, 9.17) is 9.47 Å². The summed E-state index contributed by atoms with van der Waals surface area (Å²) in [7, 11) is 2.64. The molecule has 0 bridgehead atoms. The molecule has 4 amide bonds. The summed E-state index contributed by atoms with van der Waals surface area (Å²) in [6, 6.07) is 8.07. The number of amides is 4. The van der Waals surface area contributed by atoms with Crippen LogP contribution in [0.4, 0.5) is 23.7 Å². The van der Waals surface area contributed by atoms with Gasteiger partial charge < -0.3 is 14.8 Å². The second kappa shape index (κ2) is 7.82. The number of nitrogens with one attached hydrogen (secondary N) is 2. The van der Waals surface area contributed by atoms with Crippen LogP contribution in [0.2, 0.25) is 0 Å². The number of imide groups is 1. The molecule has 0 saturated carbocycles. The smallest absolute Gasteiger partial charge is 0.440 e. The fourth-order valence-electron chi connectivity index (χ4n) is 3.03. The summed E-state index contributed by atoms with van der Waals surface area (Å²) in [4.78, 5) is 38.1. The summed E-state index contributed by atoms with van der Waals surface area (Å²) in [6.07, 6.45) is -5.33. The van der Waals surface area contributed by atoms with E-state index in [1.54, 1.807) is 17.6 Å². The number of hydrogen-bond acceptors (Lipinski definition) is 5. The minimum absolute atomic E-state index is 0.0698. The van der Waals surface area contributed by atoms with Crippen molar-refractivity contribution >= 4 is 23.5 Å². The SMILES string of the molecule is COc1ccc(C(=O)NC2(C(F)(F)F)NC(=O)N(c3ccc(C)cc3)C2=O)cc1OC. The molecule has 1 aliphatic heterocycles. The molecule has 0 spiro atoms. The van der Waals surface area contributed by atoms with Gasteiger partial charge in [-0.15, -0.1) is 0 Å². The van der Waals surface area contributed by atoms with E-state index in [1.807, 2.05) is 0 Å². The monoisotopic (exact) mass is 437 g/mol. The number of ether oxygens (including phenoxy) is 2. The maximum absolute atomic E-state index is 14.0. The average molecular weight is 437 g/mol. The number of hydrogen-bond donors (Lipinski definition) is 2. The quantitative estimate of drug-likeness (QED) is 0.702. The molecular formula is C20H18F3N3O5. The van der Waals surface area contributed by atoms with Crippen LogP contribution < -0.4 is 25.0 Å². The Morgan fingerprint density at radius 3 is 2.19 bits per heavy atom. The van der Waals surface area contributed by atoms with E-state index in [-0.39, 0.29) is 22.7 Å². The van der Waals surface area contributed by atoms with Crippen molar-refractivity contribution in [2.45, 2.75) is 18.8 Å². The highest BCUT2D eigenvalue weighted by Crippen LogP contribution is 2.36. The van der Waals surface area contributed by atoms with Crippen LogP contribution in [0.5, 0.6) is 11.5 Å². The van der Waals surface area contributed by atoms with E-state index in [0.717, 1.165) is 11.6 Å². The summed E-state index contributed by atoms with van der Waals surface area (Å²) in [5.41, 5.74) is -3.17. The van der Waals surface area contributed by atoms with Crippen molar-refractivity contribution in [2.75, 3.05) is 19.1 Å². The second-order valence-electron chi connectivity index (χ2n) is 6.68. The summed E-state index contributed by atoms with van der Waals surface area (Å²) in [5.74, 6) is -2.58. The molecule has 1 aliphatic rings. The number of halogens is 3. The van der Waals surface area contributed by atoms with Gasteiger partial charge >= 0.3 is 12.2 Å². The first-order valence-corrected chi connectivity index (χ1v) is 8.88. The second-order valence-corrected chi connectivity index (χ2v) is 6.68. The van der Waals surface area contributed by atoms with Crippen molar-refractivity contribution in [1.82, 2.24) is 10.6 Å². The van der Waals surface area contributed by atoms with Crippen molar-refractivity contribution in [3.05, 3.63) is 53.6 Å². The van der Waals surface area contributed by atoms with Crippen LogP contribution in [-0.2, 0) is 4.79 Å². The van der Waals surface area contributed by atoms with E-state index in [1.165, 1.54) is 50.6 Å². The average Bonchev–Trinajstić information content (AvgIpc) is 2.98. The fourth-order valence-corrected chi connectivity index (χ4v) is 3.03. The topological polar surface area (TPSA) is 97.0 Å². The summed E-state index contributed by atoms with van der Waals surface area (Å²) < 4.78 is 52.1. The number of benzene rings is 2. The minimum atomic E-state index is -5.33. The van der Waals surface area contributed by atoms with Gasteiger partial charge in [0.2, 0.25) is 0 Å². The van der Waals surface area contributed by atoms with Gasteiger partial charge in [-0.05, 0) is 37.3 Å². The lowest BCUT2D eigenvalue weighted by molar-refractivity contribution is -0.197. The summed E-state index contributed by atoms with van der Waals surface area (Å²) in [5, 5.41) is 3.24. The summed E-state index contributed by atoms with van der Waals surface area (Å²) in [6.45, 7) is 1.74. The number of urea groups is 1. The first-order chi connectivity index (χ1) is 14.5. The molecule has 0 radical (unpaired) electrons. The predicted octanol–water partition coefficient (Wildman–Crippen LogP) is 2.76. The Morgan fingerprint density at radius 2 is 1.65 bits per heavy atom. The molecule has 1 unspecified atom stereocenters. The van der Waals surface area contributed by atoms with Gasteiger partial charge in [0.05, 0.1) is 19.9 Å². The first kappa shape index (κ1) is 21.9. The Labute approximate surface area is 174 Å². The molecule has 2 aromatic rings. The van der Waals surface area contributed by atoms with Crippen LogP contribution in [0.15, 0.2) is 42.5 Å². The van der Waals surface area contributed by atoms with Gasteiger partial charge in [-0.2, -0.15) is 13.2 Å². The van der Waals surface area contributed by atoms with Crippen LogP contribution in [0.25, 0.3) is 0 Å². The third-order valence-corrected chi connectivity index (χ3v) is 4.69. The number of carbonyl (C=O) groups excluding carboxylic acids is 3. The lowest BCUT2D eigenvalue weighted by Crippen LogP contribution is -2.69. The molecule has 1 heterocycles. The van der Waals surface area contributed by atoms with Crippen LogP contribution in [0.3, 0.4) is 0 Å². The number of carbonyl (C=O) groups is 3. The third kappa shape index (κ3) is 3.74. The molecule has 8 nitrogen and oxygen atoms in total. The van der Waals surface area contributed by atoms with Gasteiger partial charge in [-0.1, -0.05) is 17.7 Å². The molecule has 0 aromatic heterocycles. The molecule has 2 N–H and O–H groups in total. The highest BCUT2D eigenvalue weighted by atomic mass is 19.4. The van der Waals surface area contributed by atoms with Gasteiger partial charge in [-0.3, -0.25) is 14.9 Å². The maximum Gasteiger partial charge on any atom is 0.440 e. The van der Waals surface area contributed by atoms with E-state index < -0.39 is 29.7 Å². The van der Waals surface area contributed by atoms with Crippen molar-refractivity contribution in [2.24, 2.45) is 0 Å². The molecule has 11 heteroatoms. The lowest BCUT2D eigenvalue weighted by Gasteiger charge is -2.30. The Bertz CT molecular complexity index is 1040. The van der Waals surface area contributed by atoms with Gasteiger partial charge in [0.1, 0.15) is 0 Å². The fraction of sp³-hybridized carbons (Fsp3) is 0.250. The lowest BCUT2D eigenvalue weighted by atomic mass is 10.1. The molecule has 1 saturated heterocycles. The number of anilines is 1. The third-order valence-electron chi connectivity index (χ3n) is 4.69. The van der Waals surface area contributed by atoms with Crippen LogP contribution in [-0.4, -0.2) is 43.9 Å². The van der Waals surface area contributed by atoms with Crippen LogP contribution in [0, 0.1) is 6.92 Å². The molecule has 31 heavy (non-hydrogen) atoms. The van der Waals surface area contributed by atoms with E-state index >= 15 is 0 Å². The zero-order valence-electron chi connectivity index (χ0n) is 16.7. The van der Waals surface area contributed by atoms with Crippen LogP contribution >= 0.6 is 0 Å². The highest BCUT2D eigenvalue weighted by molar-refractivity contribution is 6.24. The molecular weight excluding hydrogens is 419 g/mol. The Hall–Kier alpha value is -3.76. The van der Waals surface area contributed by atoms with Gasteiger partial charge in [-0.25, -0.2) is 9.69 Å². The summed E-state index contributed by atoms with van der Waals surface area (Å²) >= 11 is 0. The number of rotatable bonds is 5. The molecule has 164 valence electrons. The maximum atomic E-state index is 14.0. The van der Waals surface area contributed by atoms with Gasteiger partial charge in [0.25, 0.3) is 17.5 Å². The number of methoxy groups -OCH3 is 2. The van der Waals surface area contributed by atoms with Gasteiger partial charge in [0, 0.05) is 5.56 Å². The Balaban J connectivity index is 1.99. The van der Waals surface area contributed by atoms with Gasteiger partial charge in [0.15, 0.2) is 11.5 Å². The molecule has 1 atom stereocenters. The van der Waals surface area contributed by atoms with Crippen molar-refractivity contribution < 1.29 is 37.0 Å². The van der Waals surface area contributed by atoms with E-state index in [0.29, 0.717) is 4.90 Å². The standard InChI is InChI=1S/C20H18F3N3O5/c1-11-4-7-13(8-5-11)26-17(28)19(20(21,22)23,25-18(26)29)24-16(27)12-6-9-14(30-2)15(10-12)31-3/h4-10H,1-3H3,(H,24,27)(H,25,29). The highest BCUT2D eigenvalue weighted by Gasteiger charge is 2.69. The molecule has 0 aliphatic carbocycles. The normalized spacial score (nSPS) is 18.6. The minimum Gasteiger partial charge on any atom is -0.493 e. The zero-order chi connectivity index (χ0) is 23.0. The van der Waals surface area contributed by atoms with E-state index in [9.17, 15) is 27.6 Å². The van der Waals surface area contributed by atoms with Crippen LogP contribution in [0.1, 0.15) is 15.9 Å². The zero-order valence-corrected chi connectivity index (χ0v) is 16.7. The van der Waals surface area contributed by atoms with E-state index in [2.05, 4.69) is 0 Å². The first-order valence-electron chi connectivity index (χ1n) is 8.88. The largest absolute Gasteiger partial charge is 0.493 e. The Kier molecular flexibility index (Phi) is 5.53. The van der Waals surface area contributed by atoms with Crippen molar-refractivity contribution in [3.63, 3.8) is 0 Å². The van der Waals surface area contributed by atoms with Crippen molar-refractivity contribution in [1.29, 1.82) is 0 Å². The Morgan fingerprint density at radius 1 is 1.03 bits per heavy atom. The van der Waals surface area contributed by atoms with Crippen molar-refractivity contribution in [3.8, 4) is 11.5 Å². The number of alkyl halides is 3. The predicted molar refractivity (Wildman–Crippen MR) is 103 cm³/mol. The molecule has 3 rings (SSSR count). The number of aryl methyl sites for hydroxylation is 1. The molecule has 2 aromatic carbocycles.